The molecule has 6 nitrogen and oxygen atoms in total. The number of carbonyl (C=O) groups is 1. The van der Waals surface area contributed by atoms with Gasteiger partial charge in [0.2, 0.25) is 0 Å². The van der Waals surface area contributed by atoms with Crippen molar-refractivity contribution in [3.63, 3.8) is 0 Å². The highest BCUT2D eigenvalue weighted by Gasteiger charge is 2.30. The van der Waals surface area contributed by atoms with E-state index in [0.29, 0.717) is 35.5 Å². The van der Waals surface area contributed by atoms with Gasteiger partial charge >= 0.3 is 6.03 Å². The second-order valence-electron chi connectivity index (χ2n) is 7.32. The minimum atomic E-state index is -4.51. The van der Waals surface area contributed by atoms with E-state index in [4.69, 9.17) is 0 Å². The van der Waals surface area contributed by atoms with E-state index in [1.807, 2.05) is 62.4 Å². The summed E-state index contributed by atoms with van der Waals surface area (Å²) in [5, 5.41) is 2.80. The van der Waals surface area contributed by atoms with E-state index < -0.39 is 10.1 Å². The first-order valence-corrected chi connectivity index (χ1v) is 11.0. The van der Waals surface area contributed by atoms with E-state index in [1.54, 1.807) is 11.0 Å². The van der Waals surface area contributed by atoms with Crippen LogP contribution < -0.4 is 10.2 Å². The van der Waals surface area contributed by atoms with E-state index in [1.165, 1.54) is 6.07 Å². The number of hydrogen-bond donors (Lipinski definition) is 2. The largest absolute Gasteiger partial charge is 0.336 e. The van der Waals surface area contributed by atoms with Crippen LogP contribution >= 0.6 is 0 Å². The van der Waals surface area contributed by atoms with Gasteiger partial charge in [-0.3, -0.25) is 9.45 Å². The number of urea groups is 1. The topological polar surface area (TPSA) is 86.7 Å². The summed E-state index contributed by atoms with van der Waals surface area (Å²) in [5.41, 5.74) is 4.88. The Morgan fingerprint density at radius 3 is 1.93 bits per heavy atom. The van der Waals surface area contributed by atoms with Crippen LogP contribution in [0.2, 0.25) is 0 Å². The van der Waals surface area contributed by atoms with Gasteiger partial charge in [-0.2, -0.15) is 8.42 Å². The second-order valence-corrected chi connectivity index (χ2v) is 8.71. The van der Waals surface area contributed by atoms with Crippen molar-refractivity contribution in [2.24, 2.45) is 0 Å². The standard InChI is InChI=1S/C23H22N2O4S/c1-15-7-3-5-9-17(15)21-19(25-14-13-24-23(25)26)11-12-20(30(27,28)29)22(21)18-10-6-4-8-16(18)2/h3-12H,13-14H2,1-2H3,(H,24,26)(H,27,28,29). The third-order valence-corrected chi connectivity index (χ3v) is 6.30. The lowest BCUT2D eigenvalue weighted by atomic mass is 9.88. The SMILES string of the molecule is Cc1ccccc1-c1c(N2CCNC2=O)ccc(S(=O)(=O)O)c1-c1ccccc1C. The summed E-state index contributed by atoms with van der Waals surface area (Å²) in [4.78, 5) is 13.9. The van der Waals surface area contributed by atoms with Crippen molar-refractivity contribution in [2.45, 2.75) is 18.7 Å². The van der Waals surface area contributed by atoms with Gasteiger partial charge in [0.25, 0.3) is 10.1 Å². The highest BCUT2D eigenvalue weighted by molar-refractivity contribution is 7.86. The Bertz CT molecular complexity index is 1250. The van der Waals surface area contributed by atoms with Gasteiger partial charge in [0.1, 0.15) is 4.90 Å². The van der Waals surface area contributed by atoms with Crippen molar-refractivity contribution < 1.29 is 17.8 Å². The normalized spacial score (nSPS) is 14.1. The molecule has 0 spiro atoms. The van der Waals surface area contributed by atoms with Crippen molar-refractivity contribution in [1.82, 2.24) is 5.32 Å². The number of hydrogen-bond acceptors (Lipinski definition) is 3. The van der Waals surface area contributed by atoms with E-state index in [9.17, 15) is 17.8 Å². The lowest BCUT2D eigenvalue weighted by Gasteiger charge is -2.25. The maximum absolute atomic E-state index is 12.5. The van der Waals surface area contributed by atoms with Crippen molar-refractivity contribution >= 4 is 21.8 Å². The summed E-state index contributed by atoms with van der Waals surface area (Å²) in [5.74, 6) is 0. The average Bonchev–Trinajstić information content (AvgIpc) is 3.13. The molecule has 0 atom stereocenters. The molecule has 4 rings (SSSR count). The monoisotopic (exact) mass is 422 g/mol. The summed E-state index contributed by atoms with van der Waals surface area (Å²) in [6, 6.07) is 17.8. The van der Waals surface area contributed by atoms with E-state index >= 15 is 0 Å². The van der Waals surface area contributed by atoms with Gasteiger partial charge in [0.05, 0.1) is 5.69 Å². The third kappa shape index (κ3) is 3.46. The van der Waals surface area contributed by atoms with E-state index in [2.05, 4.69) is 5.32 Å². The Balaban J connectivity index is 2.19. The number of anilines is 1. The van der Waals surface area contributed by atoms with Gasteiger partial charge in [-0.1, -0.05) is 48.5 Å². The first kappa shape index (κ1) is 20.1. The summed E-state index contributed by atoms with van der Waals surface area (Å²) >= 11 is 0. The number of rotatable bonds is 4. The zero-order valence-corrected chi connectivity index (χ0v) is 17.5. The molecule has 0 aliphatic carbocycles. The van der Waals surface area contributed by atoms with Crippen LogP contribution in [0.15, 0.2) is 65.6 Å². The molecule has 1 aliphatic rings. The minimum absolute atomic E-state index is 0.182. The van der Waals surface area contributed by atoms with Gasteiger partial charge in [-0.25, -0.2) is 4.79 Å². The predicted octanol–water partition coefficient (Wildman–Crippen LogP) is 4.41. The van der Waals surface area contributed by atoms with Crippen LogP contribution in [0.4, 0.5) is 10.5 Å². The Hall–Kier alpha value is -3.16. The van der Waals surface area contributed by atoms with Crippen molar-refractivity contribution in [1.29, 1.82) is 0 Å². The fraction of sp³-hybridized carbons (Fsp3) is 0.174. The highest BCUT2D eigenvalue weighted by atomic mass is 32.2. The van der Waals surface area contributed by atoms with E-state index in [0.717, 1.165) is 16.7 Å². The van der Waals surface area contributed by atoms with Gasteiger partial charge < -0.3 is 5.32 Å². The van der Waals surface area contributed by atoms with Crippen LogP contribution in [0.1, 0.15) is 11.1 Å². The first-order chi connectivity index (χ1) is 14.3. The number of benzene rings is 3. The van der Waals surface area contributed by atoms with Crippen LogP contribution in [0.25, 0.3) is 22.3 Å². The number of carbonyl (C=O) groups excluding carboxylic acids is 1. The van der Waals surface area contributed by atoms with Crippen LogP contribution in [0.3, 0.4) is 0 Å². The van der Waals surface area contributed by atoms with Gasteiger partial charge in [0, 0.05) is 24.2 Å². The number of amides is 2. The van der Waals surface area contributed by atoms with Gasteiger partial charge in [-0.05, 0) is 48.2 Å². The zero-order chi connectivity index (χ0) is 21.5. The molecule has 3 aromatic rings. The van der Waals surface area contributed by atoms with Gasteiger partial charge in [-0.15, -0.1) is 0 Å². The molecule has 3 aromatic carbocycles. The number of nitrogens with one attached hydrogen (secondary N) is 1. The van der Waals surface area contributed by atoms with Crippen LogP contribution in [0.5, 0.6) is 0 Å². The fourth-order valence-electron chi connectivity index (χ4n) is 3.96. The molecular formula is C23H22N2O4S. The Morgan fingerprint density at radius 1 is 0.867 bits per heavy atom. The molecule has 0 aromatic heterocycles. The average molecular weight is 423 g/mol. The Labute approximate surface area is 175 Å². The summed E-state index contributed by atoms with van der Waals surface area (Å²) < 4.78 is 34.8. The molecule has 1 heterocycles. The minimum Gasteiger partial charge on any atom is -0.336 e. The molecule has 1 aliphatic heterocycles. The summed E-state index contributed by atoms with van der Waals surface area (Å²) in [6.07, 6.45) is 0. The van der Waals surface area contributed by atoms with Crippen molar-refractivity contribution in [2.75, 3.05) is 18.0 Å². The maximum Gasteiger partial charge on any atom is 0.322 e. The zero-order valence-electron chi connectivity index (χ0n) is 16.7. The Morgan fingerprint density at radius 2 is 1.43 bits per heavy atom. The molecule has 2 amide bonds. The molecule has 1 fully saturated rings. The van der Waals surface area contributed by atoms with Crippen molar-refractivity contribution in [3.8, 4) is 22.3 Å². The smallest absolute Gasteiger partial charge is 0.322 e. The quantitative estimate of drug-likeness (QED) is 0.610. The van der Waals surface area contributed by atoms with Gasteiger partial charge in [0.15, 0.2) is 0 Å². The van der Waals surface area contributed by atoms with Crippen molar-refractivity contribution in [3.05, 3.63) is 71.8 Å². The molecule has 0 saturated carbocycles. The third-order valence-electron chi connectivity index (χ3n) is 5.40. The maximum atomic E-state index is 12.5. The highest BCUT2D eigenvalue weighted by Crippen LogP contribution is 2.45. The molecule has 0 unspecified atom stereocenters. The first-order valence-electron chi connectivity index (χ1n) is 9.61. The lowest BCUT2D eigenvalue weighted by molar-refractivity contribution is 0.252. The molecule has 0 radical (unpaired) electrons. The number of nitrogens with zero attached hydrogens (tertiary/aromatic N) is 1. The lowest BCUT2D eigenvalue weighted by Crippen LogP contribution is -2.28. The summed E-state index contributed by atoms with van der Waals surface area (Å²) in [6.45, 7) is 4.80. The molecule has 0 bridgehead atoms. The Kier molecular flexibility index (Phi) is 5.09. The molecular weight excluding hydrogens is 400 g/mol. The molecule has 30 heavy (non-hydrogen) atoms. The number of aryl methyl sites for hydroxylation is 2. The second kappa shape index (κ2) is 7.59. The molecule has 1 saturated heterocycles. The van der Waals surface area contributed by atoms with E-state index in [-0.39, 0.29) is 10.9 Å². The molecule has 154 valence electrons. The predicted molar refractivity (Wildman–Crippen MR) is 117 cm³/mol. The van der Waals surface area contributed by atoms with Crippen LogP contribution in [-0.2, 0) is 10.1 Å². The van der Waals surface area contributed by atoms with Crippen LogP contribution in [-0.4, -0.2) is 32.1 Å². The fourth-order valence-corrected chi connectivity index (χ4v) is 4.67. The van der Waals surface area contributed by atoms with Crippen LogP contribution in [0, 0.1) is 13.8 Å². The summed E-state index contributed by atoms with van der Waals surface area (Å²) in [7, 11) is -4.51. The molecule has 2 N–H and O–H groups in total. The molecule has 7 heteroatoms.